The first-order valence-electron chi connectivity index (χ1n) is 6.28. The van der Waals surface area contributed by atoms with Crippen molar-refractivity contribution < 1.29 is 4.79 Å². The zero-order valence-electron chi connectivity index (χ0n) is 10.4. The van der Waals surface area contributed by atoms with Crippen molar-refractivity contribution in [1.82, 2.24) is 9.97 Å². The SMILES string of the molecule is O=C1Cc2c([nH]c3ccc(I)cc23)-c2ncccc2N1. The summed E-state index contributed by atoms with van der Waals surface area (Å²) in [6.07, 6.45) is 2.11. The van der Waals surface area contributed by atoms with Gasteiger partial charge in [0.15, 0.2) is 0 Å². The van der Waals surface area contributed by atoms with Crippen LogP contribution >= 0.6 is 22.6 Å². The number of hydrogen-bond acceptors (Lipinski definition) is 2. The lowest BCUT2D eigenvalue weighted by atomic mass is 10.1. The Morgan fingerprint density at radius 2 is 2.15 bits per heavy atom. The molecule has 2 aromatic heterocycles. The van der Waals surface area contributed by atoms with Gasteiger partial charge in [0, 0.05) is 20.7 Å². The molecule has 4 nitrogen and oxygen atoms in total. The lowest BCUT2D eigenvalue weighted by molar-refractivity contribution is -0.115. The first-order valence-corrected chi connectivity index (χ1v) is 7.35. The number of hydrogen-bond donors (Lipinski definition) is 2. The summed E-state index contributed by atoms with van der Waals surface area (Å²) in [5.74, 6) is -0.00207. The number of halogens is 1. The molecule has 0 atom stereocenters. The van der Waals surface area contributed by atoms with Crippen LogP contribution in [0.1, 0.15) is 5.56 Å². The van der Waals surface area contributed by atoms with E-state index >= 15 is 0 Å². The van der Waals surface area contributed by atoms with Crippen LogP contribution in [-0.2, 0) is 11.2 Å². The molecule has 3 aromatic rings. The fourth-order valence-corrected chi connectivity index (χ4v) is 3.16. The van der Waals surface area contributed by atoms with E-state index in [4.69, 9.17) is 0 Å². The van der Waals surface area contributed by atoms with Crippen LogP contribution in [0.4, 0.5) is 5.69 Å². The van der Waals surface area contributed by atoms with Crippen molar-refractivity contribution in [2.75, 3.05) is 5.32 Å². The lowest BCUT2D eigenvalue weighted by Gasteiger charge is -2.04. The molecule has 0 saturated carbocycles. The van der Waals surface area contributed by atoms with E-state index < -0.39 is 0 Å². The second kappa shape index (κ2) is 4.31. The maximum Gasteiger partial charge on any atom is 0.228 e. The number of aromatic amines is 1. The molecule has 1 aliphatic heterocycles. The van der Waals surface area contributed by atoms with E-state index in [1.54, 1.807) is 6.20 Å². The third kappa shape index (κ3) is 1.73. The van der Waals surface area contributed by atoms with E-state index in [0.29, 0.717) is 6.42 Å². The summed E-state index contributed by atoms with van der Waals surface area (Å²) in [5, 5.41) is 4.01. The van der Waals surface area contributed by atoms with E-state index in [1.165, 1.54) is 0 Å². The molecule has 20 heavy (non-hydrogen) atoms. The standard InChI is InChI=1S/C15H10IN3O/c16-8-3-4-11-9(6-8)10-7-13(20)18-12-2-1-5-17-15(12)14(10)19-11/h1-6,19H,7H2,(H,18,20). The topological polar surface area (TPSA) is 57.8 Å². The number of carbonyl (C=O) groups is 1. The monoisotopic (exact) mass is 375 g/mol. The summed E-state index contributed by atoms with van der Waals surface area (Å²) < 4.78 is 1.16. The normalized spacial score (nSPS) is 13.6. The van der Waals surface area contributed by atoms with Crippen LogP contribution in [0.25, 0.3) is 22.3 Å². The smallest absolute Gasteiger partial charge is 0.228 e. The predicted octanol–water partition coefficient (Wildman–Crippen LogP) is 3.33. The van der Waals surface area contributed by atoms with E-state index in [9.17, 15) is 4.79 Å². The van der Waals surface area contributed by atoms with Crippen LogP contribution in [0.2, 0.25) is 0 Å². The van der Waals surface area contributed by atoms with Crippen molar-refractivity contribution >= 4 is 45.1 Å². The Balaban J connectivity index is 2.10. The van der Waals surface area contributed by atoms with E-state index in [2.05, 4.69) is 50.0 Å². The van der Waals surface area contributed by atoms with Gasteiger partial charge in [0.25, 0.3) is 0 Å². The van der Waals surface area contributed by atoms with Crippen molar-refractivity contribution in [3.8, 4) is 11.4 Å². The number of rotatable bonds is 0. The van der Waals surface area contributed by atoms with Gasteiger partial charge < -0.3 is 10.3 Å². The molecule has 1 aliphatic rings. The zero-order valence-corrected chi connectivity index (χ0v) is 12.6. The molecular weight excluding hydrogens is 365 g/mol. The fraction of sp³-hybridized carbons (Fsp3) is 0.0667. The molecule has 0 aliphatic carbocycles. The number of H-pyrrole nitrogens is 1. The quantitative estimate of drug-likeness (QED) is 0.593. The zero-order chi connectivity index (χ0) is 13.7. The molecule has 4 rings (SSSR count). The number of benzene rings is 1. The number of fused-ring (bicyclic) bond motifs is 5. The fourth-order valence-electron chi connectivity index (χ4n) is 2.67. The maximum atomic E-state index is 12.1. The van der Waals surface area contributed by atoms with E-state index in [-0.39, 0.29) is 5.91 Å². The molecule has 0 bridgehead atoms. The average Bonchev–Trinajstić information content (AvgIpc) is 2.70. The summed E-state index contributed by atoms with van der Waals surface area (Å²) >= 11 is 2.29. The third-order valence-corrected chi connectivity index (χ3v) is 4.20. The van der Waals surface area contributed by atoms with Crippen molar-refractivity contribution in [1.29, 1.82) is 0 Å². The van der Waals surface area contributed by atoms with Gasteiger partial charge in [-0.3, -0.25) is 9.78 Å². The highest BCUT2D eigenvalue weighted by Gasteiger charge is 2.23. The van der Waals surface area contributed by atoms with Gasteiger partial charge >= 0.3 is 0 Å². The number of carbonyl (C=O) groups excluding carboxylic acids is 1. The lowest BCUT2D eigenvalue weighted by Crippen LogP contribution is -2.12. The molecule has 3 heterocycles. The van der Waals surface area contributed by atoms with Crippen LogP contribution in [0.5, 0.6) is 0 Å². The molecule has 0 fully saturated rings. The van der Waals surface area contributed by atoms with E-state index in [1.807, 2.05) is 18.2 Å². The number of anilines is 1. The Morgan fingerprint density at radius 1 is 1.25 bits per heavy atom. The third-order valence-electron chi connectivity index (χ3n) is 3.52. The largest absolute Gasteiger partial charge is 0.353 e. The van der Waals surface area contributed by atoms with Gasteiger partial charge in [-0.2, -0.15) is 0 Å². The maximum absolute atomic E-state index is 12.1. The number of aromatic nitrogens is 2. The first-order chi connectivity index (χ1) is 9.72. The molecule has 1 aromatic carbocycles. The van der Waals surface area contributed by atoms with Crippen LogP contribution in [0.3, 0.4) is 0 Å². The van der Waals surface area contributed by atoms with Gasteiger partial charge in [0.05, 0.1) is 17.8 Å². The van der Waals surface area contributed by atoms with E-state index in [0.717, 1.165) is 37.1 Å². The van der Waals surface area contributed by atoms with Gasteiger partial charge in [0.2, 0.25) is 5.91 Å². The number of nitrogens with zero attached hydrogens (tertiary/aromatic N) is 1. The van der Waals surface area contributed by atoms with Crippen LogP contribution in [0, 0.1) is 3.57 Å². The minimum absolute atomic E-state index is 0.00207. The Kier molecular flexibility index (Phi) is 2.56. The molecular formula is C15H10IN3O. The Labute approximate surface area is 128 Å². The van der Waals surface area contributed by atoms with Gasteiger partial charge in [-0.05, 0) is 58.5 Å². The number of pyridine rings is 1. The molecule has 5 heteroatoms. The average molecular weight is 375 g/mol. The van der Waals surface area contributed by atoms with Crippen LogP contribution in [0.15, 0.2) is 36.5 Å². The molecule has 0 unspecified atom stereocenters. The molecule has 2 N–H and O–H groups in total. The van der Waals surface area contributed by atoms with Crippen molar-refractivity contribution in [2.45, 2.75) is 6.42 Å². The summed E-state index contributed by atoms with van der Waals surface area (Å²) in [6.45, 7) is 0. The predicted molar refractivity (Wildman–Crippen MR) is 86.6 cm³/mol. The second-order valence-electron chi connectivity index (χ2n) is 4.79. The van der Waals surface area contributed by atoms with Gasteiger partial charge in [-0.1, -0.05) is 0 Å². The Hall–Kier alpha value is -1.89. The highest BCUT2D eigenvalue weighted by Crippen LogP contribution is 2.36. The molecule has 1 amide bonds. The molecule has 0 radical (unpaired) electrons. The highest BCUT2D eigenvalue weighted by atomic mass is 127. The molecule has 0 spiro atoms. The first kappa shape index (κ1) is 11.9. The summed E-state index contributed by atoms with van der Waals surface area (Å²) in [6, 6.07) is 9.91. The Bertz CT molecular complexity index is 853. The van der Waals surface area contributed by atoms with Gasteiger partial charge in [-0.15, -0.1) is 0 Å². The van der Waals surface area contributed by atoms with Crippen molar-refractivity contribution in [3.63, 3.8) is 0 Å². The second-order valence-corrected chi connectivity index (χ2v) is 6.04. The summed E-state index contributed by atoms with van der Waals surface area (Å²) in [7, 11) is 0. The summed E-state index contributed by atoms with van der Waals surface area (Å²) in [5.41, 5.74) is 4.57. The summed E-state index contributed by atoms with van der Waals surface area (Å²) in [4.78, 5) is 19.9. The molecule has 98 valence electrons. The minimum atomic E-state index is -0.00207. The number of nitrogens with one attached hydrogen (secondary N) is 2. The minimum Gasteiger partial charge on any atom is -0.353 e. The van der Waals surface area contributed by atoms with Crippen LogP contribution in [-0.4, -0.2) is 15.9 Å². The van der Waals surface area contributed by atoms with Gasteiger partial charge in [-0.25, -0.2) is 0 Å². The van der Waals surface area contributed by atoms with Crippen molar-refractivity contribution in [3.05, 3.63) is 45.7 Å². The van der Waals surface area contributed by atoms with Crippen LogP contribution < -0.4 is 5.32 Å². The van der Waals surface area contributed by atoms with Gasteiger partial charge in [0.1, 0.15) is 5.69 Å². The Morgan fingerprint density at radius 3 is 3.05 bits per heavy atom. The number of amides is 1. The molecule has 0 saturated heterocycles. The van der Waals surface area contributed by atoms with Crippen molar-refractivity contribution in [2.24, 2.45) is 0 Å². The highest BCUT2D eigenvalue weighted by molar-refractivity contribution is 14.1.